The molecule has 0 aliphatic carbocycles. The monoisotopic (exact) mass is 397 g/mol. The van der Waals surface area contributed by atoms with Crippen LogP contribution in [0.4, 0.5) is 9.18 Å². The second-order valence-electron chi connectivity index (χ2n) is 8.24. The van der Waals surface area contributed by atoms with Crippen molar-refractivity contribution in [3.63, 3.8) is 0 Å². The minimum atomic E-state index is -0.342. The lowest BCUT2D eigenvalue weighted by Gasteiger charge is -2.30. The molecule has 0 bridgehead atoms. The fourth-order valence-electron chi connectivity index (χ4n) is 3.74. The predicted molar refractivity (Wildman–Crippen MR) is 115 cm³/mol. The zero-order valence-corrected chi connectivity index (χ0v) is 17.7. The lowest BCUT2D eigenvalue weighted by Crippen LogP contribution is -2.38. The number of piperidine rings is 1. The lowest BCUT2D eigenvalue weighted by molar-refractivity contribution is 0.185. The number of urea groups is 1. The normalized spacial score (nSPS) is 16.4. The van der Waals surface area contributed by atoms with E-state index in [4.69, 9.17) is 0 Å². The summed E-state index contributed by atoms with van der Waals surface area (Å²) in [6, 6.07) is 14.4. The van der Waals surface area contributed by atoms with Crippen molar-refractivity contribution in [2.24, 2.45) is 5.92 Å². The molecule has 1 N–H and O–H groups in total. The zero-order valence-electron chi connectivity index (χ0n) is 17.7. The molecule has 0 radical (unpaired) electrons. The first kappa shape index (κ1) is 21.3. The van der Waals surface area contributed by atoms with E-state index in [9.17, 15) is 9.18 Å². The summed E-state index contributed by atoms with van der Waals surface area (Å²) in [5, 5.41) is 2.93. The number of halogens is 1. The van der Waals surface area contributed by atoms with Crippen LogP contribution in [-0.4, -0.2) is 36.0 Å². The van der Waals surface area contributed by atoms with Crippen LogP contribution in [0.1, 0.15) is 49.4 Å². The molecule has 29 heavy (non-hydrogen) atoms. The summed E-state index contributed by atoms with van der Waals surface area (Å²) in [6.45, 7) is 7.94. The molecular weight excluding hydrogens is 365 g/mol. The largest absolute Gasteiger partial charge is 0.334 e. The summed E-state index contributed by atoms with van der Waals surface area (Å²) in [5.41, 5.74) is 2.88. The van der Waals surface area contributed by atoms with E-state index in [2.05, 4.69) is 41.4 Å². The van der Waals surface area contributed by atoms with Gasteiger partial charge in [-0.1, -0.05) is 49.4 Å². The molecule has 2 aromatic rings. The van der Waals surface area contributed by atoms with Crippen molar-refractivity contribution in [2.75, 3.05) is 20.1 Å². The number of nitrogens with zero attached hydrogens (tertiary/aromatic N) is 2. The molecule has 3 rings (SSSR count). The number of nitrogens with one attached hydrogen (secondary N) is 1. The number of hydrogen-bond donors (Lipinski definition) is 1. The molecule has 0 aromatic heterocycles. The second kappa shape index (κ2) is 9.88. The van der Waals surface area contributed by atoms with Gasteiger partial charge in [-0.05, 0) is 56.0 Å². The van der Waals surface area contributed by atoms with E-state index in [1.54, 1.807) is 25.2 Å². The van der Waals surface area contributed by atoms with E-state index < -0.39 is 0 Å². The maximum atomic E-state index is 14.0. The van der Waals surface area contributed by atoms with E-state index in [0.717, 1.165) is 18.0 Å². The topological polar surface area (TPSA) is 35.6 Å². The molecule has 5 heteroatoms. The van der Waals surface area contributed by atoms with Crippen LogP contribution in [0.15, 0.2) is 48.5 Å². The van der Waals surface area contributed by atoms with Gasteiger partial charge in [-0.25, -0.2) is 9.18 Å². The standard InChI is InChI=1S/C24H32FN3O/c1-18-12-14-28(15-13-18)17-21-10-8-20(9-11-21)16-26-24(29)27(3)19(2)22-6-4-5-7-23(22)25/h4-11,18-19H,12-17H2,1-3H3,(H,26,29). The Morgan fingerprint density at radius 2 is 1.76 bits per heavy atom. The van der Waals surface area contributed by atoms with Crippen molar-refractivity contribution in [3.05, 3.63) is 71.0 Å². The average molecular weight is 398 g/mol. The number of benzene rings is 2. The van der Waals surface area contributed by atoms with Gasteiger partial charge in [0.1, 0.15) is 5.82 Å². The second-order valence-corrected chi connectivity index (χ2v) is 8.24. The summed E-state index contributed by atoms with van der Waals surface area (Å²) in [4.78, 5) is 16.5. The molecule has 0 spiro atoms. The van der Waals surface area contributed by atoms with Crippen LogP contribution in [0.3, 0.4) is 0 Å². The third-order valence-electron chi connectivity index (χ3n) is 6.01. The van der Waals surface area contributed by atoms with Crippen LogP contribution in [-0.2, 0) is 13.1 Å². The quantitative estimate of drug-likeness (QED) is 0.748. The summed E-state index contributed by atoms with van der Waals surface area (Å²) >= 11 is 0. The Hall–Kier alpha value is -2.40. The highest BCUT2D eigenvalue weighted by Gasteiger charge is 2.20. The Bertz CT molecular complexity index is 800. The third-order valence-corrected chi connectivity index (χ3v) is 6.01. The Morgan fingerprint density at radius 1 is 1.14 bits per heavy atom. The highest BCUT2D eigenvalue weighted by molar-refractivity contribution is 5.74. The Balaban J connectivity index is 1.49. The van der Waals surface area contributed by atoms with Gasteiger partial charge in [0.05, 0.1) is 6.04 Å². The molecule has 156 valence electrons. The Morgan fingerprint density at radius 3 is 2.41 bits per heavy atom. The highest BCUT2D eigenvalue weighted by atomic mass is 19.1. The maximum absolute atomic E-state index is 14.0. The smallest absolute Gasteiger partial charge is 0.317 e. The van der Waals surface area contributed by atoms with E-state index in [1.165, 1.54) is 42.5 Å². The van der Waals surface area contributed by atoms with Crippen molar-refractivity contribution in [2.45, 2.75) is 45.8 Å². The first-order valence-corrected chi connectivity index (χ1v) is 10.5. The first-order valence-electron chi connectivity index (χ1n) is 10.5. The fourth-order valence-corrected chi connectivity index (χ4v) is 3.74. The minimum Gasteiger partial charge on any atom is -0.334 e. The summed E-state index contributed by atoms with van der Waals surface area (Å²) in [5.74, 6) is 0.551. The van der Waals surface area contributed by atoms with Gasteiger partial charge in [0, 0.05) is 25.7 Å². The van der Waals surface area contributed by atoms with Crippen LogP contribution in [0, 0.1) is 11.7 Å². The fraction of sp³-hybridized carbons (Fsp3) is 0.458. The van der Waals surface area contributed by atoms with Gasteiger partial charge in [0.15, 0.2) is 0 Å². The van der Waals surface area contributed by atoms with Gasteiger partial charge in [-0.15, -0.1) is 0 Å². The molecule has 4 nitrogen and oxygen atoms in total. The van der Waals surface area contributed by atoms with Gasteiger partial charge in [-0.2, -0.15) is 0 Å². The van der Waals surface area contributed by atoms with Crippen LogP contribution in [0.25, 0.3) is 0 Å². The lowest BCUT2D eigenvalue weighted by atomic mass is 9.99. The zero-order chi connectivity index (χ0) is 20.8. The molecule has 2 amide bonds. The Labute approximate surface area is 173 Å². The van der Waals surface area contributed by atoms with Gasteiger partial charge < -0.3 is 10.2 Å². The molecule has 1 saturated heterocycles. The van der Waals surface area contributed by atoms with E-state index >= 15 is 0 Å². The van der Waals surface area contributed by atoms with Crippen molar-refractivity contribution in [1.82, 2.24) is 15.1 Å². The van der Waals surface area contributed by atoms with Crippen molar-refractivity contribution in [1.29, 1.82) is 0 Å². The van der Waals surface area contributed by atoms with Gasteiger partial charge in [0.2, 0.25) is 0 Å². The van der Waals surface area contributed by atoms with Gasteiger partial charge in [-0.3, -0.25) is 4.90 Å². The van der Waals surface area contributed by atoms with E-state index in [-0.39, 0.29) is 17.9 Å². The van der Waals surface area contributed by atoms with Gasteiger partial charge >= 0.3 is 6.03 Å². The molecule has 1 aliphatic rings. The number of carbonyl (C=O) groups is 1. The van der Waals surface area contributed by atoms with Crippen LogP contribution in [0.2, 0.25) is 0 Å². The van der Waals surface area contributed by atoms with E-state index in [0.29, 0.717) is 12.1 Å². The average Bonchev–Trinajstić information content (AvgIpc) is 2.74. The maximum Gasteiger partial charge on any atom is 0.317 e. The molecule has 2 aromatic carbocycles. The third kappa shape index (κ3) is 5.80. The number of likely N-dealkylation sites (tertiary alicyclic amines) is 1. The van der Waals surface area contributed by atoms with Crippen molar-refractivity contribution < 1.29 is 9.18 Å². The number of carbonyl (C=O) groups excluding carboxylic acids is 1. The molecule has 1 unspecified atom stereocenters. The summed E-state index contributed by atoms with van der Waals surface area (Å²) in [7, 11) is 1.69. The number of rotatable bonds is 6. The Kier molecular flexibility index (Phi) is 7.26. The predicted octanol–water partition coefficient (Wildman–Crippen LogP) is 4.96. The molecule has 1 atom stereocenters. The number of hydrogen-bond acceptors (Lipinski definition) is 2. The van der Waals surface area contributed by atoms with Crippen molar-refractivity contribution >= 4 is 6.03 Å². The molecular formula is C24H32FN3O. The summed E-state index contributed by atoms with van der Waals surface area (Å²) < 4.78 is 14.0. The molecule has 1 aliphatic heterocycles. The molecule has 0 saturated carbocycles. The van der Waals surface area contributed by atoms with Crippen LogP contribution >= 0.6 is 0 Å². The summed E-state index contributed by atoms with van der Waals surface area (Å²) in [6.07, 6.45) is 2.56. The molecule has 1 heterocycles. The molecule has 1 fully saturated rings. The first-order chi connectivity index (χ1) is 13.9. The number of amides is 2. The highest BCUT2D eigenvalue weighted by Crippen LogP contribution is 2.22. The minimum absolute atomic E-state index is 0.215. The van der Waals surface area contributed by atoms with Gasteiger partial charge in [0.25, 0.3) is 0 Å². The SMILES string of the molecule is CC1CCN(Cc2ccc(CNC(=O)N(C)C(C)c3ccccc3F)cc2)CC1. The van der Waals surface area contributed by atoms with E-state index in [1.807, 2.05) is 6.92 Å². The van der Waals surface area contributed by atoms with Crippen LogP contribution < -0.4 is 5.32 Å². The van der Waals surface area contributed by atoms with Crippen molar-refractivity contribution in [3.8, 4) is 0 Å². The van der Waals surface area contributed by atoms with Crippen LogP contribution in [0.5, 0.6) is 0 Å².